The highest BCUT2D eigenvalue weighted by molar-refractivity contribution is 5.97. The van der Waals surface area contributed by atoms with Crippen LogP contribution in [0.4, 0.5) is 5.69 Å². The molecule has 0 aromatic heterocycles. The van der Waals surface area contributed by atoms with E-state index < -0.39 is 0 Å². The van der Waals surface area contributed by atoms with Gasteiger partial charge in [0.15, 0.2) is 0 Å². The van der Waals surface area contributed by atoms with Gasteiger partial charge in [-0.05, 0) is 45.0 Å². The molecule has 1 aromatic carbocycles. The fourth-order valence-electron chi connectivity index (χ4n) is 3.38. The molecule has 116 valence electrons. The average Bonchev–Trinajstić information content (AvgIpc) is 3.04. The van der Waals surface area contributed by atoms with E-state index >= 15 is 0 Å². The van der Waals surface area contributed by atoms with Crippen LogP contribution < -0.4 is 10.2 Å². The predicted molar refractivity (Wildman–Crippen MR) is 88.2 cm³/mol. The Bertz CT molecular complexity index is 502. The van der Waals surface area contributed by atoms with E-state index in [0.717, 1.165) is 31.6 Å². The molecule has 5 heteroatoms. The summed E-state index contributed by atoms with van der Waals surface area (Å²) in [6.45, 7) is 4.70. The molecule has 0 saturated carbocycles. The Hall–Kier alpha value is -1.10. The summed E-state index contributed by atoms with van der Waals surface area (Å²) in [5, 5.41) is 3.35. The van der Waals surface area contributed by atoms with E-state index in [1.165, 1.54) is 5.56 Å². The topological polar surface area (TPSA) is 35.6 Å². The number of para-hydroxylation sites is 1. The van der Waals surface area contributed by atoms with Crippen molar-refractivity contribution >= 4 is 24.0 Å². The number of hydrogen-bond donors (Lipinski definition) is 1. The minimum absolute atomic E-state index is 0. The lowest BCUT2D eigenvalue weighted by Gasteiger charge is -2.28. The van der Waals surface area contributed by atoms with Gasteiger partial charge in [0.25, 0.3) is 0 Å². The van der Waals surface area contributed by atoms with Crippen LogP contribution in [0.5, 0.6) is 0 Å². The SMILES string of the molecule is CC1Cc2ccccc2N1C(=O)CN(C)C1CCNC1.Cl. The zero-order valence-corrected chi connectivity index (χ0v) is 13.5. The van der Waals surface area contributed by atoms with Gasteiger partial charge in [-0.3, -0.25) is 9.69 Å². The van der Waals surface area contributed by atoms with Gasteiger partial charge in [0.1, 0.15) is 0 Å². The summed E-state index contributed by atoms with van der Waals surface area (Å²) >= 11 is 0. The van der Waals surface area contributed by atoms with E-state index in [2.05, 4.69) is 42.4 Å². The minimum Gasteiger partial charge on any atom is -0.315 e. The second kappa shape index (κ2) is 6.77. The summed E-state index contributed by atoms with van der Waals surface area (Å²) < 4.78 is 0. The number of benzene rings is 1. The first kappa shape index (κ1) is 16.3. The number of halogens is 1. The van der Waals surface area contributed by atoms with Crippen molar-refractivity contribution in [2.75, 3.05) is 31.6 Å². The van der Waals surface area contributed by atoms with Crippen molar-refractivity contribution in [1.29, 1.82) is 0 Å². The summed E-state index contributed by atoms with van der Waals surface area (Å²) in [4.78, 5) is 16.8. The zero-order chi connectivity index (χ0) is 14.1. The quantitative estimate of drug-likeness (QED) is 0.923. The first-order valence-corrected chi connectivity index (χ1v) is 7.47. The van der Waals surface area contributed by atoms with Gasteiger partial charge in [0.05, 0.1) is 6.54 Å². The van der Waals surface area contributed by atoms with Crippen molar-refractivity contribution < 1.29 is 4.79 Å². The molecule has 1 fully saturated rings. The number of carbonyl (C=O) groups excluding carboxylic acids is 1. The van der Waals surface area contributed by atoms with Crippen LogP contribution in [0.1, 0.15) is 18.9 Å². The van der Waals surface area contributed by atoms with Crippen LogP contribution in [0.15, 0.2) is 24.3 Å². The smallest absolute Gasteiger partial charge is 0.241 e. The van der Waals surface area contributed by atoms with E-state index in [4.69, 9.17) is 0 Å². The molecule has 2 unspecified atom stereocenters. The molecule has 4 nitrogen and oxygen atoms in total. The van der Waals surface area contributed by atoms with Gasteiger partial charge in [-0.25, -0.2) is 0 Å². The van der Waals surface area contributed by atoms with Crippen molar-refractivity contribution in [2.24, 2.45) is 0 Å². The molecular weight excluding hydrogens is 286 g/mol. The molecule has 3 rings (SSSR count). The van der Waals surface area contributed by atoms with Crippen LogP contribution in [-0.4, -0.2) is 49.6 Å². The first-order valence-electron chi connectivity index (χ1n) is 7.47. The Balaban J connectivity index is 0.00000161. The van der Waals surface area contributed by atoms with Crippen molar-refractivity contribution in [3.8, 4) is 0 Å². The summed E-state index contributed by atoms with van der Waals surface area (Å²) in [6, 6.07) is 9.02. The highest BCUT2D eigenvalue weighted by Crippen LogP contribution is 2.31. The first-order chi connectivity index (χ1) is 9.66. The number of nitrogens with zero attached hydrogens (tertiary/aromatic N) is 2. The fraction of sp³-hybridized carbons (Fsp3) is 0.562. The van der Waals surface area contributed by atoms with E-state index in [1.807, 2.05) is 11.0 Å². The monoisotopic (exact) mass is 309 g/mol. The lowest BCUT2D eigenvalue weighted by molar-refractivity contribution is -0.120. The Morgan fingerprint density at radius 3 is 2.90 bits per heavy atom. The summed E-state index contributed by atoms with van der Waals surface area (Å²) in [5.41, 5.74) is 2.39. The molecule has 1 amide bonds. The van der Waals surface area contributed by atoms with Gasteiger partial charge in [-0.15, -0.1) is 12.4 Å². The molecule has 0 spiro atoms. The number of nitrogens with one attached hydrogen (secondary N) is 1. The molecule has 2 aliphatic heterocycles. The van der Waals surface area contributed by atoms with E-state index in [-0.39, 0.29) is 24.4 Å². The Morgan fingerprint density at radius 1 is 1.43 bits per heavy atom. The van der Waals surface area contributed by atoms with Crippen LogP contribution in [0.3, 0.4) is 0 Å². The highest BCUT2D eigenvalue weighted by atomic mass is 35.5. The second-order valence-corrected chi connectivity index (χ2v) is 6.01. The molecule has 2 heterocycles. The third kappa shape index (κ3) is 3.23. The van der Waals surface area contributed by atoms with Gasteiger partial charge >= 0.3 is 0 Å². The molecule has 1 saturated heterocycles. The molecule has 21 heavy (non-hydrogen) atoms. The maximum atomic E-state index is 12.6. The molecule has 0 aliphatic carbocycles. The second-order valence-electron chi connectivity index (χ2n) is 6.01. The zero-order valence-electron chi connectivity index (χ0n) is 12.7. The lowest BCUT2D eigenvalue weighted by atomic mass is 10.1. The molecular formula is C16H24ClN3O. The number of anilines is 1. The van der Waals surface area contributed by atoms with Crippen molar-refractivity contribution in [1.82, 2.24) is 10.2 Å². The molecule has 0 bridgehead atoms. The van der Waals surface area contributed by atoms with Crippen LogP contribution in [0, 0.1) is 0 Å². The molecule has 1 aromatic rings. The minimum atomic E-state index is 0. The molecule has 1 N–H and O–H groups in total. The van der Waals surface area contributed by atoms with Gasteiger partial charge < -0.3 is 10.2 Å². The summed E-state index contributed by atoms with van der Waals surface area (Å²) in [7, 11) is 2.06. The summed E-state index contributed by atoms with van der Waals surface area (Å²) in [5.74, 6) is 0.219. The maximum Gasteiger partial charge on any atom is 0.241 e. The third-order valence-corrected chi connectivity index (χ3v) is 4.52. The van der Waals surface area contributed by atoms with Gasteiger partial charge in [0.2, 0.25) is 5.91 Å². The normalized spacial score (nSPS) is 24.0. The largest absolute Gasteiger partial charge is 0.315 e. The molecule has 0 radical (unpaired) electrons. The lowest BCUT2D eigenvalue weighted by Crippen LogP contribution is -2.45. The third-order valence-electron chi connectivity index (χ3n) is 4.52. The van der Waals surface area contributed by atoms with Gasteiger partial charge in [-0.2, -0.15) is 0 Å². The Kier molecular flexibility index (Phi) is 5.25. The Morgan fingerprint density at radius 2 is 2.19 bits per heavy atom. The number of rotatable bonds is 3. The van der Waals surface area contributed by atoms with Gasteiger partial charge in [-0.1, -0.05) is 18.2 Å². The van der Waals surface area contributed by atoms with Crippen molar-refractivity contribution in [2.45, 2.75) is 31.8 Å². The Labute approximate surface area is 132 Å². The van der Waals surface area contributed by atoms with E-state index in [1.54, 1.807) is 0 Å². The van der Waals surface area contributed by atoms with Crippen LogP contribution in [0.2, 0.25) is 0 Å². The van der Waals surface area contributed by atoms with Crippen LogP contribution in [-0.2, 0) is 11.2 Å². The fourth-order valence-corrected chi connectivity index (χ4v) is 3.38. The molecule has 2 aliphatic rings. The van der Waals surface area contributed by atoms with E-state index in [0.29, 0.717) is 12.6 Å². The number of likely N-dealkylation sites (N-methyl/N-ethyl adjacent to an activating group) is 1. The average molecular weight is 310 g/mol. The summed E-state index contributed by atoms with van der Waals surface area (Å²) in [6.07, 6.45) is 2.10. The highest BCUT2D eigenvalue weighted by Gasteiger charge is 2.32. The van der Waals surface area contributed by atoms with E-state index in [9.17, 15) is 4.79 Å². The van der Waals surface area contributed by atoms with Gasteiger partial charge in [0, 0.05) is 24.3 Å². The van der Waals surface area contributed by atoms with Crippen LogP contribution >= 0.6 is 12.4 Å². The standard InChI is InChI=1S/C16H23N3O.ClH/c1-12-9-13-5-3-4-6-15(13)19(12)16(20)11-18(2)14-7-8-17-10-14;/h3-6,12,14,17H,7-11H2,1-2H3;1H. The number of carbonyl (C=O) groups is 1. The van der Waals surface area contributed by atoms with Crippen molar-refractivity contribution in [3.05, 3.63) is 29.8 Å². The predicted octanol–water partition coefficient (Wildman–Crippen LogP) is 1.68. The molecule has 2 atom stereocenters. The van der Waals surface area contributed by atoms with Crippen molar-refractivity contribution in [3.63, 3.8) is 0 Å². The van der Waals surface area contributed by atoms with Crippen LogP contribution in [0.25, 0.3) is 0 Å². The number of amides is 1. The maximum absolute atomic E-state index is 12.6. The number of hydrogen-bond acceptors (Lipinski definition) is 3. The number of fused-ring (bicyclic) bond motifs is 1.